The zero-order valence-corrected chi connectivity index (χ0v) is 16.1. The molecule has 1 amide bonds. The normalized spacial score (nSPS) is 25.6. The Balaban J connectivity index is 1.55. The first-order valence-corrected chi connectivity index (χ1v) is 10.3. The van der Waals surface area contributed by atoms with E-state index in [9.17, 15) is 13.2 Å². The van der Waals surface area contributed by atoms with Crippen LogP contribution in [0.1, 0.15) is 17.5 Å². The molecule has 1 heterocycles. The Morgan fingerprint density at radius 3 is 2.67 bits per heavy atom. The van der Waals surface area contributed by atoms with Gasteiger partial charge in [-0.2, -0.15) is 4.31 Å². The lowest BCUT2D eigenvalue weighted by atomic mass is 10.1. The molecule has 0 spiro atoms. The topological polar surface area (TPSA) is 75.7 Å². The predicted molar refractivity (Wildman–Crippen MR) is 103 cm³/mol. The van der Waals surface area contributed by atoms with Crippen molar-refractivity contribution in [2.24, 2.45) is 5.92 Å². The molecule has 4 rings (SSSR count). The second kappa shape index (κ2) is 6.35. The Labute approximate surface area is 159 Å². The molecule has 0 radical (unpaired) electrons. The summed E-state index contributed by atoms with van der Waals surface area (Å²) in [4.78, 5) is 13.0. The van der Waals surface area contributed by atoms with E-state index in [1.165, 1.54) is 4.31 Å². The Morgan fingerprint density at radius 2 is 2.00 bits per heavy atom. The molecule has 1 N–H and O–H groups in total. The smallest absolute Gasteiger partial charge is 0.247 e. The number of anilines is 1. The molecule has 1 saturated heterocycles. The second-order valence-electron chi connectivity index (χ2n) is 7.21. The number of ether oxygens (including phenoxy) is 1. The van der Waals surface area contributed by atoms with Crippen molar-refractivity contribution in [3.63, 3.8) is 0 Å². The summed E-state index contributed by atoms with van der Waals surface area (Å²) in [7, 11) is -2.12. The van der Waals surface area contributed by atoms with E-state index in [4.69, 9.17) is 4.74 Å². The Kier molecular flexibility index (Phi) is 4.24. The highest BCUT2D eigenvalue weighted by Gasteiger charge is 2.75. The molecule has 0 aromatic heterocycles. The number of fused-ring (bicyclic) bond motifs is 1. The fraction of sp³-hybridized carbons (Fsp3) is 0.350. The fourth-order valence-corrected chi connectivity index (χ4v) is 6.22. The number of hydrogen-bond acceptors (Lipinski definition) is 4. The number of carbonyl (C=O) groups excluding carboxylic acids is 1. The number of hydrogen-bond donors (Lipinski definition) is 1. The minimum atomic E-state index is -3.70. The number of nitrogens with zero attached hydrogens (tertiary/aromatic N) is 1. The van der Waals surface area contributed by atoms with Gasteiger partial charge in [0.05, 0.1) is 7.11 Å². The molecule has 142 valence electrons. The lowest BCUT2D eigenvalue weighted by Crippen LogP contribution is -2.42. The maximum atomic E-state index is 13.1. The molecule has 1 saturated carbocycles. The minimum absolute atomic E-state index is 0.148. The van der Waals surface area contributed by atoms with Crippen LogP contribution < -0.4 is 10.1 Å². The average Bonchev–Trinajstić information content (AvgIpc) is 3.35. The van der Waals surface area contributed by atoms with Crippen LogP contribution in [0.4, 0.5) is 5.69 Å². The first-order valence-electron chi connectivity index (χ1n) is 8.88. The van der Waals surface area contributed by atoms with E-state index >= 15 is 0 Å². The maximum Gasteiger partial charge on any atom is 0.247 e. The van der Waals surface area contributed by atoms with Crippen molar-refractivity contribution in [3.8, 4) is 5.75 Å². The van der Waals surface area contributed by atoms with Gasteiger partial charge in [0.2, 0.25) is 15.9 Å². The largest absolute Gasteiger partial charge is 0.497 e. The predicted octanol–water partition coefficient (Wildman–Crippen LogP) is 2.55. The maximum absolute atomic E-state index is 13.1. The van der Waals surface area contributed by atoms with Crippen molar-refractivity contribution in [1.29, 1.82) is 0 Å². The highest BCUT2D eigenvalue weighted by molar-refractivity contribution is 7.92. The summed E-state index contributed by atoms with van der Waals surface area (Å²) in [6.45, 7) is 2.55. The van der Waals surface area contributed by atoms with E-state index < -0.39 is 20.7 Å². The summed E-state index contributed by atoms with van der Waals surface area (Å²) < 4.78 is 31.5. The molecule has 27 heavy (non-hydrogen) atoms. The monoisotopic (exact) mass is 386 g/mol. The second-order valence-corrected chi connectivity index (χ2v) is 9.40. The molecule has 0 unspecified atom stereocenters. The summed E-state index contributed by atoms with van der Waals surface area (Å²) in [6, 6.07) is 14.7. The van der Waals surface area contributed by atoms with Crippen LogP contribution in [0.5, 0.6) is 5.75 Å². The van der Waals surface area contributed by atoms with Crippen LogP contribution in [-0.4, -0.2) is 37.0 Å². The van der Waals surface area contributed by atoms with Crippen LogP contribution in [-0.2, 0) is 21.4 Å². The van der Waals surface area contributed by atoms with Gasteiger partial charge < -0.3 is 10.1 Å². The molecule has 2 atom stereocenters. The lowest BCUT2D eigenvalue weighted by Gasteiger charge is -2.21. The van der Waals surface area contributed by atoms with E-state index in [1.54, 1.807) is 19.2 Å². The summed E-state index contributed by atoms with van der Waals surface area (Å²) in [5, 5.41) is 2.83. The van der Waals surface area contributed by atoms with Crippen molar-refractivity contribution >= 4 is 21.6 Å². The van der Waals surface area contributed by atoms with Crippen LogP contribution in [0.3, 0.4) is 0 Å². The van der Waals surface area contributed by atoms with E-state index in [1.807, 2.05) is 43.3 Å². The van der Waals surface area contributed by atoms with Gasteiger partial charge in [0.25, 0.3) is 0 Å². The Bertz CT molecular complexity index is 990. The molecule has 2 fully saturated rings. The van der Waals surface area contributed by atoms with Crippen molar-refractivity contribution in [2.75, 3.05) is 19.0 Å². The van der Waals surface area contributed by atoms with Gasteiger partial charge in [0.1, 0.15) is 5.75 Å². The van der Waals surface area contributed by atoms with Gasteiger partial charge in [-0.25, -0.2) is 8.42 Å². The van der Waals surface area contributed by atoms with Crippen molar-refractivity contribution < 1.29 is 17.9 Å². The van der Waals surface area contributed by atoms with Gasteiger partial charge in [-0.1, -0.05) is 30.3 Å². The highest BCUT2D eigenvalue weighted by atomic mass is 32.2. The van der Waals surface area contributed by atoms with Gasteiger partial charge in [-0.3, -0.25) is 4.79 Å². The third kappa shape index (κ3) is 2.82. The van der Waals surface area contributed by atoms with Crippen molar-refractivity contribution in [3.05, 3.63) is 59.7 Å². The van der Waals surface area contributed by atoms with Crippen molar-refractivity contribution in [2.45, 2.75) is 24.6 Å². The standard InChI is InChI=1S/C20H22N2O4S/c1-14-10-17(26-2)8-9-18(14)21-19(23)20-11-16(20)13-22(27(20,24)25)12-15-6-4-3-5-7-15/h3-10,16H,11-13H2,1-2H3,(H,21,23)/t16-,20-/m0/s1. The molecular formula is C20H22N2O4S. The first kappa shape index (κ1) is 18.0. The minimum Gasteiger partial charge on any atom is -0.497 e. The molecule has 1 aliphatic heterocycles. The molecule has 6 nitrogen and oxygen atoms in total. The van der Waals surface area contributed by atoms with E-state index in [-0.39, 0.29) is 5.92 Å². The van der Waals surface area contributed by atoms with Crippen LogP contribution in [0.2, 0.25) is 0 Å². The summed E-state index contributed by atoms with van der Waals surface area (Å²) >= 11 is 0. The zero-order chi connectivity index (χ0) is 19.2. The van der Waals surface area contributed by atoms with Gasteiger partial charge in [0, 0.05) is 24.7 Å². The third-order valence-corrected chi connectivity index (χ3v) is 8.11. The molecule has 1 aliphatic carbocycles. The van der Waals surface area contributed by atoms with Crippen molar-refractivity contribution in [1.82, 2.24) is 4.31 Å². The molecule has 2 aromatic carbocycles. The number of amides is 1. The summed E-state index contributed by atoms with van der Waals surface area (Å²) in [6.07, 6.45) is 0.391. The number of methoxy groups -OCH3 is 1. The molecule has 2 aliphatic rings. The number of sulfonamides is 1. The van der Waals surface area contributed by atoms with E-state index in [0.29, 0.717) is 30.9 Å². The molecular weight excluding hydrogens is 364 g/mol. The fourth-order valence-electron chi connectivity index (χ4n) is 3.87. The first-order chi connectivity index (χ1) is 12.9. The van der Waals surface area contributed by atoms with Gasteiger partial charge in [-0.15, -0.1) is 0 Å². The molecule has 0 bridgehead atoms. The summed E-state index contributed by atoms with van der Waals surface area (Å²) in [5.74, 6) is 0.108. The van der Waals surface area contributed by atoms with Crippen LogP contribution >= 0.6 is 0 Å². The van der Waals surface area contributed by atoms with Gasteiger partial charge in [0.15, 0.2) is 4.75 Å². The van der Waals surface area contributed by atoms with Crippen LogP contribution in [0.25, 0.3) is 0 Å². The molecule has 2 aromatic rings. The Morgan fingerprint density at radius 1 is 1.26 bits per heavy atom. The molecule has 7 heteroatoms. The van der Waals surface area contributed by atoms with Crippen LogP contribution in [0.15, 0.2) is 48.5 Å². The van der Waals surface area contributed by atoms with E-state index in [2.05, 4.69) is 5.32 Å². The summed E-state index contributed by atoms with van der Waals surface area (Å²) in [5.41, 5.74) is 2.36. The van der Waals surface area contributed by atoms with Gasteiger partial charge in [-0.05, 0) is 42.7 Å². The van der Waals surface area contributed by atoms with E-state index in [0.717, 1.165) is 11.1 Å². The highest BCUT2D eigenvalue weighted by Crippen LogP contribution is 2.58. The number of rotatable bonds is 5. The average molecular weight is 386 g/mol. The number of aryl methyl sites for hydroxylation is 1. The SMILES string of the molecule is COc1ccc(NC(=O)[C@]23C[C@H]2CN(Cc2ccccc2)S3(=O)=O)c(C)c1. The zero-order valence-electron chi connectivity index (χ0n) is 15.3. The Hall–Kier alpha value is -2.38. The number of benzene rings is 2. The number of carbonyl (C=O) groups is 1. The quantitative estimate of drug-likeness (QED) is 0.857. The van der Waals surface area contributed by atoms with Gasteiger partial charge >= 0.3 is 0 Å². The lowest BCUT2D eigenvalue weighted by molar-refractivity contribution is -0.116. The third-order valence-electron chi connectivity index (χ3n) is 5.54. The van der Waals surface area contributed by atoms with Crippen LogP contribution in [0, 0.1) is 12.8 Å². The number of nitrogens with one attached hydrogen (secondary N) is 1.